The summed E-state index contributed by atoms with van der Waals surface area (Å²) in [7, 11) is 0. The van der Waals surface area contributed by atoms with E-state index in [1.165, 1.54) is 4.90 Å². The number of rotatable bonds is 2. The Morgan fingerprint density at radius 1 is 1.53 bits per heavy atom. The SMILES string of the molecule is CC(C)(C)OC(=O)N1CC[C@H](CCN)[C@@H](F)C1. The topological polar surface area (TPSA) is 55.6 Å². The lowest BCUT2D eigenvalue weighted by Gasteiger charge is -2.35. The van der Waals surface area contributed by atoms with Gasteiger partial charge in [0.15, 0.2) is 0 Å². The van der Waals surface area contributed by atoms with Gasteiger partial charge < -0.3 is 15.4 Å². The maximum Gasteiger partial charge on any atom is 0.410 e. The number of carbonyl (C=O) groups is 1. The summed E-state index contributed by atoms with van der Waals surface area (Å²) < 4.78 is 19.0. The number of amides is 1. The molecule has 1 aliphatic rings. The molecule has 0 spiro atoms. The highest BCUT2D eigenvalue weighted by Crippen LogP contribution is 2.24. The molecule has 0 bridgehead atoms. The molecule has 1 saturated heterocycles. The van der Waals surface area contributed by atoms with E-state index in [2.05, 4.69) is 0 Å². The Kier molecular flexibility index (Phi) is 4.74. The zero-order chi connectivity index (χ0) is 13.1. The van der Waals surface area contributed by atoms with Gasteiger partial charge in [-0.15, -0.1) is 0 Å². The maximum atomic E-state index is 13.8. The third-order valence-corrected chi connectivity index (χ3v) is 2.87. The third kappa shape index (κ3) is 4.50. The summed E-state index contributed by atoms with van der Waals surface area (Å²) in [5.74, 6) is -0.0151. The summed E-state index contributed by atoms with van der Waals surface area (Å²) in [4.78, 5) is 13.2. The van der Waals surface area contributed by atoms with Crippen LogP contribution in [0.5, 0.6) is 0 Å². The number of ether oxygens (including phenoxy) is 1. The van der Waals surface area contributed by atoms with Crippen molar-refractivity contribution >= 4 is 6.09 Å². The van der Waals surface area contributed by atoms with Gasteiger partial charge in [0, 0.05) is 6.54 Å². The van der Waals surface area contributed by atoms with Gasteiger partial charge in [-0.2, -0.15) is 0 Å². The molecule has 0 aromatic carbocycles. The van der Waals surface area contributed by atoms with E-state index >= 15 is 0 Å². The van der Waals surface area contributed by atoms with E-state index in [-0.39, 0.29) is 12.5 Å². The van der Waals surface area contributed by atoms with Gasteiger partial charge in [0.1, 0.15) is 11.8 Å². The number of hydrogen-bond acceptors (Lipinski definition) is 3. The maximum absolute atomic E-state index is 13.8. The van der Waals surface area contributed by atoms with Crippen LogP contribution < -0.4 is 5.73 Å². The molecule has 1 rings (SSSR count). The lowest BCUT2D eigenvalue weighted by Crippen LogP contribution is -2.47. The monoisotopic (exact) mass is 246 g/mol. The molecule has 0 radical (unpaired) electrons. The largest absolute Gasteiger partial charge is 0.444 e. The average molecular weight is 246 g/mol. The number of carbonyl (C=O) groups excluding carboxylic acids is 1. The van der Waals surface area contributed by atoms with Gasteiger partial charge in [-0.1, -0.05) is 0 Å². The Morgan fingerprint density at radius 3 is 2.65 bits per heavy atom. The number of likely N-dealkylation sites (tertiary alicyclic amines) is 1. The van der Waals surface area contributed by atoms with Crippen LogP contribution in [0.3, 0.4) is 0 Å². The second-order valence-corrected chi connectivity index (χ2v) is 5.57. The molecule has 1 aliphatic heterocycles. The third-order valence-electron chi connectivity index (χ3n) is 2.87. The van der Waals surface area contributed by atoms with Crippen molar-refractivity contribution in [3.63, 3.8) is 0 Å². The molecule has 0 aromatic rings. The van der Waals surface area contributed by atoms with Gasteiger partial charge >= 0.3 is 6.09 Å². The van der Waals surface area contributed by atoms with Crippen LogP contribution in [0.25, 0.3) is 0 Å². The second kappa shape index (κ2) is 5.67. The van der Waals surface area contributed by atoms with E-state index in [0.29, 0.717) is 25.9 Å². The van der Waals surface area contributed by atoms with E-state index in [4.69, 9.17) is 10.5 Å². The molecule has 100 valence electrons. The Labute approximate surface area is 102 Å². The molecule has 1 heterocycles. The molecular weight excluding hydrogens is 223 g/mol. The highest BCUT2D eigenvalue weighted by Gasteiger charge is 2.32. The van der Waals surface area contributed by atoms with Crippen LogP contribution in [0.2, 0.25) is 0 Å². The lowest BCUT2D eigenvalue weighted by atomic mass is 9.92. The Balaban J connectivity index is 2.46. The summed E-state index contributed by atoms with van der Waals surface area (Å²) in [5.41, 5.74) is 4.90. The summed E-state index contributed by atoms with van der Waals surface area (Å²) in [5, 5.41) is 0. The van der Waals surface area contributed by atoms with Gasteiger partial charge in [0.2, 0.25) is 0 Å². The van der Waals surface area contributed by atoms with Crippen LogP contribution in [0.15, 0.2) is 0 Å². The number of nitrogens with zero attached hydrogens (tertiary/aromatic N) is 1. The van der Waals surface area contributed by atoms with E-state index < -0.39 is 17.9 Å². The van der Waals surface area contributed by atoms with Crippen molar-refractivity contribution in [3.05, 3.63) is 0 Å². The number of nitrogens with two attached hydrogens (primary N) is 1. The van der Waals surface area contributed by atoms with E-state index in [0.717, 1.165) is 0 Å². The van der Waals surface area contributed by atoms with Crippen molar-refractivity contribution in [2.24, 2.45) is 11.7 Å². The molecule has 4 nitrogen and oxygen atoms in total. The standard InChI is InChI=1S/C12H23FN2O2/c1-12(2,3)17-11(16)15-7-5-9(4-6-14)10(13)8-15/h9-10H,4-8,14H2,1-3H3/t9-,10-/m0/s1. The molecule has 0 unspecified atom stereocenters. The van der Waals surface area contributed by atoms with Gasteiger partial charge in [-0.05, 0) is 46.1 Å². The molecule has 5 heteroatoms. The predicted molar refractivity (Wildman–Crippen MR) is 64.5 cm³/mol. The summed E-state index contributed by atoms with van der Waals surface area (Å²) >= 11 is 0. The number of piperidine rings is 1. The first-order chi connectivity index (χ1) is 7.83. The quantitative estimate of drug-likeness (QED) is 0.810. The van der Waals surface area contributed by atoms with Crippen molar-refractivity contribution in [2.75, 3.05) is 19.6 Å². The second-order valence-electron chi connectivity index (χ2n) is 5.57. The van der Waals surface area contributed by atoms with Crippen LogP contribution >= 0.6 is 0 Å². The smallest absolute Gasteiger partial charge is 0.410 e. The molecule has 2 N–H and O–H groups in total. The number of alkyl halides is 1. The van der Waals surface area contributed by atoms with Crippen molar-refractivity contribution in [1.29, 1.82) is 0 Å². The minimum atomic E-state index is -0.986. The number of hydrogen-bond donors (Lipinski definition) is 1. The minimum Gasteiger partial charge on any atom is -0.444 e. The predicted octanol–water partition coefficient (Wildman–Crippen LogP) is 1.93. The summed E-state index contributed by atoms with van der Waals surface area (Å²) in [6.45, 7) is 6.59. The normalized spacial score (nSPS) is 25.8. The van der Waals surface area contributed by atoms with E-state index in [9.17, 15) is 9.18 Å². The van der Waals surface area contributed by atoms with Crippen LogP contribution in [-0.2, 0) is 4.74 Å². The summed E-state index contributed by atoms with van der Waals surface area (Å²) in [6, 6.07) is 0. The van der Waals surface area contributed by atoms with Crippen molar-refractivity contribution in [1.82, 2.24) is 4.90 Å². The first-order valence-electron chi connectivity index (χ1n) is 6.15. The van der Waals surface area contributed by atoms with Crippen LogP contribution in [0.4, 0.5) is 9.18 Å². The lowest BCUT2D eigenvalue weighted by molar-refractivity contribution is 0.00494. The fraction of sp³-hybridized carbons (Fsp3) is 0.917. The van der Waals surface area contributed by atoms with Gasteiger partial charge in [0.25, 0.3) is 0 Å². The van der Waals surface area contributed by atoms with Gasteiger partial charge in [-0.25, -0.2) is 9.18 Å². The molecule has 0 aliphatic carbocycles. The zero-order valence-electron chi connectivity index (χ0n) is 10.9. The Hall–Kier alpha value is -0.840. The van der Waals surface area contributed by atoms with Crippen molar-refractivity contribution in [3.8, 4) is 0 Å². The van der Waals surface area contributed by atoms with Crippen LogP contribution in [0.1, 0.15) is 33.6 Å². The van der Waals surface area contributed by atoms with Crippen LogP contribution in [-0.4, -0.2) is 42.4 Å². The minimum absolute atomic E-state index is 0.0151. The van der Waals surface area contributed by atoms with Crippen molar-refractivity contribution in [2.45, 2.75) is 45.4 Å². The molecule has 1 fully saturated rings. The molecule has 17 heavy (non-hydrogen) atoms. The summed E-state index contributed by atoms with van der Waals surface area (Å²) in [6.07, 6.45) is -0.0628. The molecule has 0 saturated carbocycles. The zero-order valence-corrected chi connectivity index (χ0v) is 10.9. The highest BCUT2D eigenvalue weighted by atomic mass is 19.1. The van der Waals surface area contributed by atoms with E-state index in [1.54, 1.807) is 20.8 Å². The molecule has 2 atom stereocenters. The number of halogens is 1. The highest BCUT2D eigenvalue weighted by molar-refractivity contribution is 5.68. The average Bonchev–Trinajstić information content (AvgIpc) is 2.18. The Morgan fingerprint density at radius 2 is 2.18 bits per heavy atom. The fourth-order valence-electron chi connectivity index (χ4n) is 1.98. The Bertz CT molecular complexity index is 266. The first-order valence-corrected chi connectivity index (χ1v) is 6.15. The van der Waals surface area contributed by atoms with E-state index in [1.807, 2.05) is 0 Å². The first kappa shape index (κ1) is 14.2. The van der Waals surface area contributed by atoms with Gasteiger partial charge in [0.05, 0.1) is 6.54 Å². The molecule has 0 aromatic heterocycles. The van der Waals surface area contributed by atoms with Gasteiger partial charge in [-0.3, -0.25) is 0 Å². The fourth-order valence-corrected chi connectivity index (χ4v) is 1.98. The molecular formula is C12H23FN2O2. The van der Waals surface area contributed by atoms with Crippen LogP contribution in [0, 0.1) is 5.92 Å². The molecule has 1 amide bonds. The van der Waals surface area contributed by atoms with Crippen molar-refractivity contribution < 1.29 is 13.9 Å².